The van der Waals surface area contributed by atoms with Gasteiger partial charge in [-0.15, -0.1) is 5.10 Å². The van der Waals surface area contributed by atoms with Gasteiger partial charge in [0.15, 0.2) is 0 Å². The van der Waals surface area contributed by atoms with Gasteiger partial charge in [0.25, 0.3) is 0 Å². The third kappa shape index (κ3) is 4.59. The number of fused-ring (bicyclic) bond motifs is 1. The van der Waals surface area contributed by atoms with Gasteiger partial charge in [0.2, 0.25) is 11.9 Å². The summed E-state index contributed by atoms with van der Waals surface area (Å²) in [5, 5.41) is 12.6. The molecule has 31 heavy (non-hydrogen) atoms. The van der Waals surface area contributed by atoms with Gasteiger partial charge >= 0.3 is 0 Å². The van der Waals surface area contributed by atoms with E-state index in [1.807, 2.05) is 53.9 Å². The number of carbonyl (C=O) groups excluding carboxylic acids is 1. The highest BCUT2D eigenvalue weighted by atomic mass is 32.1. The van der Waals surface area contributed by atoms with Crippen LogP contribution in [0.2, 0.25) is 0 Å². The molecule has 7 nitrogen and oxygen atoms in total. The molecule has 1 saturated carbocycles. The molecule has 2 heterocycles. The van der Waals surface area contributed by atoms with Crippen LogP contribution in [0.3, 0.4) is 0 Å². The Morgan fingerprint density at radius 1 is 1.06 bits per heavy atom. The fraction of sp³-hybridized carbons (Fsp3) is 0.304. The van der Waals surface area contributed by atoms with Crippen molar-refractivity contribution in [1.82, 2.24) is 24.9 Å². The number of hydrogen-bond donors (Lipinski definition) is 3. The van der Waals surface area contributed by atoms with Gasteiger partial charge in [0.1, 0.15) is 5.69 Å². The van der Waals surface area contributed by atoms with E-state index in [1.54, 1.807) is 0 Å². The molecule has 0 saturated heterocycles. The SMILES string of the molecule is O=C(NCc1ccc(-c2csnn2)cc1)C1CCC(Nc2nc3ccccc3[nH]2)CC1. The van der Waals surface area contributed by atoms with Crippen molar-refractivity contribution in [2.24, 2.45) is 5.92 Å². The van der Waals surface area contributed by atoms with Gasteiger partial charge in [-0.1, -0.05) is 40.9 Å². The summed E-state index contributed by atoms with van der Waals surface area (Å²) in [6.45, 7) is 0.547. The van der Waals surface area contributed by atoms with E-state index in [9.17, 15) is 4.79 Å². The third-order valence-corrected chi connectivity index (χ3v) is 6.41. The minimum absolute atomic E-state index is 0.0778. The van der Waals surface area contributed by atoms with Crippen LogP contribution in [0.15, 0.2) is 53.9 Å². The van der Waals surface area contributed by atoms with Gasteiger partial charge in [-0.05, 0) is 54.9 Å². The molecule has 2 aromatic carbocycles. The maximum Gasteiger partial charge on any atom is 0.223 e. The number of para-hydroxylation sites is 2. The van der Waals surface area contributed by atoms with Crippen molar-refractivity contribution in [2.75, 3.05) is 5.32 Å². The topological polar surface area (TPSA) is 95.6 Å². The average Bonchev–Trinajstić information content (AvgIpc) is 3.48. The molecule has 1 amide bonds. The quantitative estimate of drug-likeness (QED) is 0.421. The summed E-state index contributed by atoms with van der Waals surface area (Å²) in [6.07, 6.45) is 3.70. The Morgan fingerprint density at radius 3 is 2.61 bits per heavy atom. The number of carbonyl (C=O) groups is 1. The van der Waals surface area contributed by atoms with Crippen LogP contribution in [-0.4, -0.2) is 31.5 Å². The van der Waals surface area contributed by atoms with Crippen molar-refractivity contribution in [3.05, 3.63) is 59.5 Å². The third-order valence-electron chi connectivity index (χ3n) is 5.90. The number of amides is 1. The molecule has 8 heteroatoms. The first kappa shape index (κ1) is 19.7. The number of imidazole rings is 1. The minimum Gasteiger partial charge on any atom is -0.353 e. The maximum atomic E-state index is 12.6. The van der Waals surface area contributed by atoms with Gasteiger partial charge in [-0.2, -0.15) is 0 Å². The second-order valence-corrected chi connectivity index (χ2v) is 8.61. The van der Waals surface area contributed by atoms with E-state index >= 15 is 0 Å². The van der Waals surface area contributed by atoms with Crippen LogP contribution < -0.4 is 10.6 Å². The van der Waals surface area contributed by atoms with E-state index in [2.05, 4.69) is 30.2 Å². The van der Waals surface area contributed by atoms with Crippen LogP contribution in [-0.2, 0) is 11.3 Å². The number of benzene rings is 2. The number of anilines is 1. The second-order valence-electron chi connectivity index (χ2n) is 8.00. The molecule has 5 rings (SSSR count). The fourth-order valence-electron chi connectivity index (χ4n) is 4.13. The molecule has 0 radical (unpaired) electrons. The number of nitrogens with one attached hydrogen (secondary N) is 3. The lowest BCUT2D eigenvalue weighted by molar-refractivity contribution is -0.126. The first-order valence-electron chi connectivity index (χ1n) is 10.6. The van der Waals surface area contributed by atoms with Gasteiger partial charge in [-0.25, -0.2) is 4.98 Å². The fourth-order valence-corrected chi connectivity index (χ4v) is 4.60. The maximum absolute atomic E-state index is 12.6. The highest BCUT2D eigenvalue weighted by molar-refractivity contribution is 7.03. The Hall–Kier alpha value is -3.26. The molecule has 2 aromatic heterocycles. The van der Waals surface area contributed by atoms with Crippen molar-refractivity contribution in [3.63, 3.8) is 0 Å². The molecule has 0 bridgehead atoms. The Balaban J connectivity index is 1.09. The monoisotopic (exact) mass is 432 g/mol. The molecule has 0 aliphatic heterocycles. The van der Waals surface area contributed by atoms with Crippen molar-refractivity contribution in [1.29, 1.82) is 0 Å². The summed E-state index contributed by atoms with van der Waals surface area (Å²) < 4.78 is 3.90. The molecule has 1 aliphatic rings. The summed E-state index contributed by atoms with van der Waals surface area (Å²) in [5.41, 5.74) is 5.01. The van der Waals surface area contributed by atoms with E-state index in [0.717, 1.165) is 59.5 Å². The van der Waals surface area contributed by atoms with Crippen LogP contribution in [0.1, 0.15) is 31.2 Å². The smallest absolute Gasteiger partial charge is 0.223 e. The molecule has 1 aliphatic carbocycles. The Morgan fingerprint density at radius 2 is 1.87 bits per heavy atom. The van der Waals surface area contributed by atoms with Crippen molar-refractivity contribution in [3.8, 4) is 11.3 Å². The molecule has 0 spiro atoms. The summed E-state index contributed by atoms with van der Waals surface area (Å²) in [5.74, 6) is 1.04. The molecule has 0 atom stereocenters. The molecule has 158 valence electrons. The summed E-state index contributed by atoms with van der Waals surface area (Å²) in [4.78, 5) is 20.6. The van der Waals surface area contributed by atoms with Gasteiger partial charge in [-0.3, -0.25) is 4.79 Å². The highest BCUT2D eigenvalue weighted by Gasteiger charge is 2.26. The lowest BCUT2D eigenvalue weighted by Crippen LogP contribution is -2.35. The zero-order chi connectivity index (χ0) is 21.0. The lowest BCUT2D eigenvalue weighted by atomic mass is 9.85. The minimum atomic E-state index is 0.0778. The van der Waals surface area contributed by atoms with Crippen LogP contribution >= 0.6 is 11.5 Å². The van der Waals surface area contributed by atoms with Crippen LogP contribution in [0, 0.1) is 5.92 Å². The molecule has 0 unspecified atom stereocenters. The zero-order valence-electron chi connectivity index (χ0n) is 17.0. The number of nitrogens with zero attached hydrogens (tertiary/aromatic N) is 3. The largest absolute Gasteiger partial charge is 0.353 e. The number of aromatic nitrogens is 4. The normalized spacial score (nSPS) is 18.7. The van der Waals surface area contributed by atoms with E-state index in [-0.39, 0.29) is 11.8 Å². The van der Waals surface area contributed by atoms with Crippen molar-refractivity contribution in [2.45, 2.75) is 38.3 Å². The summed E-state index contributed by atoms with van der Waals surface area (Å²) >= 11 is 1.34. The predicted molar refractivity (Wildman–Crippen MR) is 123 cm³/mol. The van der Waals surface area contributed by atoms with Crippen LogP contribution in [0.4, 0.5) is 5.95 Å². The summed E-state index contributed by atoms with van der Waals surface area (Å²) in [6, 6.07) is 16.5. The lowest BCUT2D eigenvalue weighted by Gasteiger charge is -2.28. The number of rotatable bonds is 6. The number of hydrogen-bond acceptors (Lipinski definition) is 6. The van der Waals surface area contributed by atoms with Gasteiger partial charge in [0, 0.05) is 29.4 Å². The molecule has 3 N–H and O–H groups in total. The highest BCUT2D eigenvalue weighted by Crippen LogP contribution is 2.27. The Bertz CT molecular complexity index is 1110. The average molecular weight is 433 g/mol. The van der Waals surface area contributed by atoms with Crippen molar-refractivity contribution < 1.29 is 4.79 Å². The van der Waals surface area contributed by atoms with E-state index in [0.29, 0.717) is 12.6 Å². The van der Waals surface area contributed by atoms with E-state index in [4.69, 9.17) is 0 Å². The first-order valence-corrected chi connectivity index (χ1v) is 11.4. The molecular formula is C23H24N6OS. The first-order chi connectivity index (χ1) is 15.2. The second kappa shape index (κ2) is 8.85. The van der Waals surface area contributed by atoms with Crippen molar-refractivity contribution >= 4 is 34.4 Å². The molecule has 4 aromatic rings. The molecular weight excluding hydrogens is 408 g/mol. The van der Waals surface area contributed by atoms with E-state index < -0.39 is 0 Å². The number of aromatic amines is 1. The van der Waals surface area contributed by atoms with Gasteiger partial charge in [0.05, 0.1) is 11.0 Å². The predicted octanol–water partition coefficient (Wildman–Crippen LogP) is 4.37. The standard InChI is InChI=1S/C23H24N6OS/c30-22(24-13-15-5-7-16(8-6-15)21-14-31-29-28-21)17-9-11-18(12-10-17)25-23-26-19-3-1-2-4-20(19)27-23/h1-8,14,17-18H,9-13H2,(H,24,30)(H2,25,26,27). The number of H-pyrrole nitrogens is 1. The van der Waals surface area contributed by atoms with E-state index in [1.165, 1.54) is 11.5 Å². The van der Waals surface area contributed by atoms with Crippen LogP contribution in [0.25, 0.3) is 22.3 Å². The van der Waals surface area contributed by atoms with Crippen LogP contribution in [0.5, 0.6) is 0 Å². The Labute approximate surface area is 184 Å². The summed E-state index contributed by atoms with van der Waals surface area (Å²) in [7, 11) is 0. The van der Waals surface area contributed by atoms with Gasteiger partial charge < -0.3 is 15.6 Å². The Kier molecular flexibility index (Phi) is 5.62. The zero-order valence-corrected chi connectivity index (χ0v) is 17.9. The molecule has 1 fully saturated rings.